The summed E-state index contributed by atoms with van der Waals surface area (Å²) in [6, 6.07) is 18.1. The summed E-state index contributed by atoms with van der Waals surface area (Å²) in [5.41, 5.74) is 4.61. The fourth-order valence-corrected chi connectivity index (χ4v) is 4.52. The molecule has 0 unspecified atom stereocenters. The SMILES string of the molecule is C/C=C\C.Cc1cn(C2CCN(Cc3ccc(-c4nc(=O)[nH]nc4-c4ccccc4)cc3)CC2)c(=O)[nH]1. The predicted octanol–water partition coefficient (Wildman–Crippen LogP) is 4.72. The number of likely N-dealkylation sites (tertiary alicyclic amines) is 1. The summed E-state index contributed by atoms with van der Waals surface area (Å²) in [6.07, 6.45) is 7.83. The molecule has 0 atom stereocenters. The number of rotatable bonds is 5. The highest BCUT2D eigenvalue weighted by molar-refractivity contribution is 5.77. The maximum atomic E-state index is 12.1. The maximum absolute atomic E-state index is 12.1. The van der Waals surface area contributed by atoms with Gasteiger partial charge < -0.3 is 4.98 Å². The van der Waals surface area contributed by atoms with E-state index >= 15 is 0 Å². The van der Waals surface area contributed by atoms with Crippen LogP contribution in [0, 0.1) is 6.92 Å². The van der Waals surface area contributed by atoms with Crippen LogP contribution in [0.3, 0.4) is 0 Å². The third kappa shape index (κ3) is 6.59. The molecule has 0 radical (unpaired) electrons. The van der Waals surface area contributed by atoms with Crippen molar-refractivity contribution in [3.63, 3.8) is 0 Å². The van der Waals surface area contributed by atoms with Gasteiger partial charge >= 0.3 is 11.4 Å². The number of piperidine rings is 1. The first-order valence-electron chi connectivity index (χ1n) is 12.7. The van der Waals surface area contributed by atoms with Crippen molar-refractivity contribution in [1.82, 2.24) is 29.6 Å². The second-order valence-corrected chi connectivity index (χ2v) is 9.22. The first kappa shape index (κ1) is 26.0. The van der Waals surface area contributed by atoms with Crippen LogP contribution in [-0.4, -0.2) is 42.7 Å². The Hall–Kier alpha value is -4.04. The summed E-state index contributed by atoms with van der Waals surface area (Å²) < 4.78 is 1.84. The molecule has 1 fully saturated rings. The van der Waals surface area contributed by atoms with E-state index in [0.717, 1.165) is 49.3 Å². The Morgan fingerprint density at radius 1 is 0.919 bits per heavy atom. The molecule has 8 nitrogen and oxygen atoms in total. The lowest BCUT2D eigenvalue weighted by molar-refractivity contribution is 0.178. The first-order chi connectivity index (χ1) is 18.0. The van der Waals surface area contributed by atoms with Gasteiger partial charge in [-0.25, -0.2) is 14.7 Å². The highest BCUT2D eigenvalue weighted by atomic mass is 16.1. The third-order valence-corrected chi connectivity index (χ3v) is 6.54. The van der Waals surface area contributed by atoms with Gasteiger partial charge in [0.15, 0.2) is 0 Å². The fourth-order valence-electron chi connectivity index (χ4n) is 4.52. The van der Waals surface area contributed by atoms with Gasteiger partial charge in [-0.3, -0.25) is 9.47 Å². The highest BCUT2D eigenvalue weighted by Crippen LogP contribution is 2.28. The Morgan fingerprint density at radius 2 is 1.57 bits per heavy atom. The normalized spacial score (nSPS) is 14.5. The van der Waals surface area contributed by atoms with Gasteiger partial charge in [-0.2, -0.15) is 10.1 Å². The molecule has 2 N–H and O–H groups in total. The lowest BCUT2D eigenvalue weighted by atomic mass is 10.0. The van der Waals surface area contributed by atoms with Crippen LogP contribution in [0.4, 0.5) is 0 Å². The largest absolute Gasteiger partial charge is 0.361 e. The Bertz CT molecular complexity index is 1420. The van der Waals surface area contributed by atoms with E-state index in [4.69, 9.17) is 0 Å². The van der Waals surface area contributed by atoms with Crippen molar-refractivity contribution >= 4 is 0 Å². The number of aromatic amines is 2. The van der Waals surface area contributed by atoms with Gasteiger partial charge in [0, 0.05) is 48.7 Å². The lowest BCUT2D eigenvalue weighted by Gasteiger charge is -2.32. The zero-order chi connectivity index (χ0) is 26.2. The van der Waals surface area contributed by atoms with Crippen LogP contribution in [0.2, 0.25) is 0 Å². The molecule has 37 heavy (non-hydrogen) atoms. The number of nitrogens with zero attached hydrogens (tertiary/aromatic N) is 4. The summed E-state index contributed by atoms with van der Waals surface area (Å²) >= 11 is 0. The number of aromatic nitrogens is 5. The van der Waals surface area contributed by atoms with E-state index in [9.17, 15) is 9.59 Å². The number of H-pyrrole nitrogens is 2. The second-order valence-electron chi connectivity index (χ2n) is 9.22. The monoisotopic (exact) mass is 498 g/mol. The van der Waals surface area contributed by atoms with Crippen molar-refractivity contribution in [3.8, 4) is 22.5 Å². The smallest absolute Gasteiger partial charge is 0.310 e. The molecule has 2 aromatic carbocycles. The van der Waals surface area contributed by atoms with E-state index in [1.807, 2.05) is 86.2 Å². The topological polar surface area (TPSA) is 99.7 Å². The molecule has 2 aromatic heterocycles. The average molecular weight is 499 g/mol. The molecule has 5 rings (SSSR count). The van der Waals surface area contributed by atoms with Crippen molar-refractivity contribution < 1.29 is 0 Å². The van der Waals surface area contributed by atoms with E-state index in [0.29, 0.717) is 11.4 Å². The molecule has 4 aromatic rings. The number of hydrogen-bond donors (Lipinski definition) is 2. The summed E-state index contributed by atoms with van der Waals surface area (Å²) in [7, 11) is 0. The molecule has 1 aliphatic rings. The molecule has 0 bridgehead atoms. The van der Waals surface area contributed by atoms with Crippen LogP contribution in [-0.2, 0) is 6.54 Å². The summed E-state index contributed by atoms with van der Waals surface area (Å²) in [5, 5.41) is 6.69. The Morgan fingerprint density at radius 3 is 2.16 bits per heavy atom. The van der Waals surface area contributed by atoms with Crippen molar-refractivity contribution in [2.45, 2.75) is 46.2 Å². The van der Waals surface area contributed by atoms with Crippen LogP contribution in [0.5, 0.6) is 0 Å². The number of benzene rings is 2. The Balaban J connectivity index is 0.000000747. The summed E-state index contributed by atoms with van der Waals surface area (Å²) in [6.45, 7) is 8.65. The zero-order valence-corrected chi connectivity index (χ0v) is 21.6. The van der Waals surface area contributed by atoms with Gasteiger partial charge in [-0.15, -0.1) is 0 Å². The van der Waals surface area contributed by atoms with Crippen molar-refractivity contribution in [1.29, 1.82) is 0 Å². The number of nitrogens with one attached hydrogen (secondary N) is 2. The van der Waals surface area contributed by atoms with Gasteiger partial charge in [-0.1, -0.05) is 66.7 Å². The molecular formula is C29H34N6O2. The molecule has 0 saturated carbocycles. The third-order valence-electron chi connectivity index (χ3n) is 6.54. The minimum Gasteiger partial charge on any atom is -0.310 e. The Kier molecular flexibility index (Phi) is 8.64. The Labute approximate surface area is 216 Å². The van der Waals surface area contributed by atoms with Crippen molar-refractivity contribution in [2.75, 3.05) is 13.1 Å². The molecule has 0 amide bonds. The summed E-state index contributed by atoms with van der Waals surface area (Å²) in [5.74, 6) is 0. The fraction of sp³-hybridized carbons (Fsp3) is 0.310. The van der Waals surface area contributed by atoms with Gasteiger partial charge in [-0.05, 0) is 39.2 Å². The number of hydrogen-bond acceptors (Lipinski definition) is 5. The van der Waals surface area contributed by atoms with E-state index in [1.165, 1.54) is 5.56 Å². The van der Waals surface area contributed by atoms with Gasteiger partial charge in [0.1, 0.15) is 11.4 Å². The predicted molar refractivity (Wildman–Crippen MR) is 147 cm³/mol. The molecule has 8 heteroatoms. The van der Waals surface area contributed by atoms with Crippen LogP contribution in [0.25, 0.3) is 22.5 Å². The van der Waals surface area contributed by atoms with Crippen molar-refractivity contribution in [2.24, 2.45) is 0 Å². The number of allylic oxidation sites excluding steroid dienone is 2. The minimum absolute atomic E-state index is 0.0146. The minimum atomic E-state index is -0.464. The molecule has 192 valence electrons. The summed E-state index contributed by atoms with van der Waals surface area (Å²) in [4.78, 5) is 33.4. The zero-order valence-electron chi connectivity index (χ0n) is 21.6. The van der Waals surface area contributed by atoms with E-state index in [2.05, 4.69) is 37.2 Å². The highest BCUT2D eigenvalue weighted by Gasteiger charge is 2.22. The van der Waals surface area contributed by atoms with Crippen LogP contribution in [0.15, 0.2) is 82.5 Å². The maximum Gasteiger partial charge on any atom is 0.361 e. The second kappa shape index (κ2) is 12.3. The van der Waals surface area contributed by atoms with Gasteiger partial charge in [0.05, 0.1) is 0 Å². The van der Waals surface area contributed by atoms with Crippen LogP contribution in [0.1, 0.15) is 44.0 Å². The van der Waals surface area contributed by atoms with E-state index in [1.54, 1.807) is 0 Å². The van der Waals surface area contributed by atoms with Gasteiger partial charge in [0.2, 0.25) is 0 Å². The number of aryl methyl sites for hydroxylation is 1. The average Bonchev–Trinajstić information content (AvgIpc) is 3.27. The first-order valence-corrected chi connectivity index (χ1v) is 12.7. The molecule has 1 saturated heterocycles. The standard InChI is InChI=1S/C25H26N6O2.C4H8/c1-17-15-31(25(33)26-17)21-11-13-30(14-12-21)16-18-7-9-20(10-8-18)22-23(28-29-24(32)27-22)19-5-3-2-4-6-19;1-3-4-2/h2-10,15,21H,11-14,16H2,1H3,(H,26,33)(H,27,29,32);3-4H,1-2H3/b;4-3-. The van der Waals surface area contributed by atoms with Crippen LogP contribution < -0.4 is 11.4 Å². The molecule has 0 aliphatic carbocycles. The van der Waals surface area contributed by atoms with Crippen molar-refractivity contribution in [3.05, 3.63) is 105 Å². The van der Waals surface area contributed by atoms with E-state index in [-0.39, 0.29) is 11.7 Å². The molecule has 1 aliphatic heterocycles. The van der Waals surface area contributed by atoms with E-state index < -0.39 is 5.69 Å². The number of imidazole rings is 1. The molecular weight excluding hydrogens is 464 g/mol. The quantitative estimate of drug-likeness (QED) is 0.388. The van der Waals surface area contributed by atoms with Crippen LogP contribution >= 0.6 is 0 Å². The lowest BCUT2D eigenvalue weighted by Crippen LogP contribution is -2.36. The molecule has 3 heterocycles. The van der Waals surface area contributed by atoms with Gasteiger partial charge in [0.25, 0.3) is 0 Å². The molecule has 0 spiro atoms.